The molecule has 7 nitrogen and oxygen atoms in total. The second-order valence-corrected chi connectivity index (χ2v) is 32.4. The van der Waals surface area contributed by atoms with E-state index in [1.807, 2.05) is 6.08 Å². The van der Waals surface area contributed by atoms with Crippen LogP contribution < -0.4 is 0 Å². The average molecular weight is 711 g/mol. The first-order chi connectivity index (χ1) is 21.0. The van der Waals surface area contributed by atoms with E-state index in [0.717, 1.165) is 0 Å². The van der Waals surface area contributed by atoms with Crippen molar-refractivity contribution >= 4 is 30.7 Å². The van der Waals surface area contributed by atoms with Gasteiger partial charge in [0.2, 0.25) is 0 Å². The van der Waals surface area contributed by atoms with E-state index in [1.54, 1.807) is 0 Å². The first kappa shape index (κ1) is 44.1. The molecule has 0 amide bonds. The molecule has 47 heavy (non-hydrogen) atoms. The summed E-state index contributed by atoms with van der Waals surface area (Å²) in [6.45, 7) is 42.5. The molecule has 0 aromatic heterocycles. The number of aliphatic hydroxyl groups is 2. The Morgan fingerprint density at radius 3 is 1.77 bits per heavy atom. The van der Waals surface area contributed by atoms with E-state index in [4.69, 9.17) is 18.0 Å². The van der Waals surface area contributed by atoms with Gasteiger partial charge in [-0.25, -0.2) is 0 Å². The van der Waals surface area contributed by atoms with E-state index in [1.165, 1.54) is 6.92 Å². The maximum atomic E-state index is 12.4. The predicted octanol–water partition coefficient (Wildman–Crippen LogP) is 8.54. The summed E-state index contributed by atoms with van der Waals surface area (Å²) in [5, 5.41) is 22.4. The lowest BCUT2D eigenvalue weighted by atomic mass is 9.90. The molecule has 1 rings (SSSR count). The molecule has 1 fully saturated rings. The third-order valence-corrected chi connectivity index (χ3v) is 24.2. The van der Waals surface area contributed by atoms with Gasteiger partial charge < -0.3 is 28.2 Å². The average Bonchev–Trinajstić information content (AvgIpc) is 2.84. The van der Waals surface area contributed by atoms with Crippen LogP contribution in [-0.4, -0.2) is 83.7 Å². The Kier molecular flexibility index (Phi) is 15.4. The van der Waals surface area contributed by atoms with Crippen LogP contribution in [0.3, 0.4) is 0 Å². The summed E-state index contributed by atoms with van der Waals surface area (Å²) in [7, 11) is -7.06. The number of ether oxygens (including phenoxy) is 1. The minimum atomic E-state index is -2.38. The number of Topliss-reactive ketones (excluding diaryl/α,β-unsaturated/α-hetero) is 1. The lowest BCUT2D eigenvalue weighted by Crippen LogP contribution is -2.67. The van der Waals surface area contributed by atoms with Crippen LogP contribution in [0.4, 0.5) is 0 Å². The van der Waals surface area contributed by atoms with E-state index in [2.05, 4.69) is 127 Å². The highest BCUT2D eigenvalue weighted by molar-refractivity contribution is 6.75. The number of aliphatic hydroxyl groups excluding tert-OH is 2. The summed E-state index contributed by atoms with van der Waals surface area (Å²) in [6, 6.07) is 0. The Labute approximate surface area is 291 Å². The number of carbonyl (C=O) groups is 1. The van der Waals surface area contributed by atoms with Crippen LogP contribution in [0.25, 0.3) is 0 Å². The van der Waals surface area contributed by atoms with E-state index in [9.17, 15) is 15.0 Å². The van der Waals surface area contributed by atoms with Gasteiger partial charge >= 0.3 is 0 Å². The summed E-state index contributed by atoms with van der Waals surface area (Å²) in [5.74, 6) is 6.22. The number of rotatable bonds is 14. The van der Waals surface area contributed by atoms with Crippen molar-refractivity contribution in [3.63, 3.8) is 0 Å². The molecular formula is C37H70O7Si3. The monoisotopic (exact) mass is 710 g/mol. The van der Waals surface area contributed by atoms with Gasteiger partial charge in [-0.3, -0.25) is 4.79 Å². The van der Waals surface area contributed by atoms with E-state index >= 15 is 0 Å². The molecule has 2 N–H and O–H groups in total. The fourth-order valence-corrected chi connectivity index (χ4v) is 8.68. The van der Waals surface area contributed by atoms with Gasteiger partial charge in [-0.15, -0.1) is 6.58 Å². The lowest BCUT2D eigenvalue weighted by molar-refractivity contribution is -0.232. The van der Waals surface area contributed by atoms with Crippen molar-refractivity contribution in [2.45, 2.75) is 192 Å². The number of carbonyl (C=O) groups excluding carboxylic acids is 1. The second kappa shape index (κ2) is 16.4. The largest absolute Gasteiger partial charge is 0.410 e. The highest BCUT2D eigenvalue weighted by Gasteiger charge is 2.55. The zero-order chi connectivity index (χ0) is 37.0. The predicted molar refractivity (Wildman–Crippen MR) is 203 cm³/mol. The van der Waals surface area contributed by atoms with Crippen LogP contribution >= 0.6 is 0 Å². The Morgan fingerprint density at radius 1 is 0.872 bits per heavy atom. The van der Waals surface area contributed by atoms with Gasteiger partial charge in [-0.2, -0.15) is 0 Å². The van der Waals surface area contributed by atoms with Crippen LogP contribution in [0.1, 0.15) is 94.9 Å². The van der Waals surface area contributed by atoms with Gasteiger partial charge in [-0.1, -0.05) is 86.8 Å². The molecule has 0 unspecified atom stereocenters. The minimum Gasteiger partial charge on any atom is -0.410 e. The van der Waals surface area contributed by atoms with Gasteiger partial charge in [0.15, 0.2) is 25.0 Å². The fourth-order valence-electron chi connectivity index (χ4n) is 4.72. The maximum absolute atomic E-state index is 12.4. The first-order valence-corrected chi connectivity index (χ1v) is 26.0. The van der Waals surface area contributed by atoms with Crippen LogP contribution in [0.5, 0.6) is 0 Å². The van der Waals surface area contributed by atoms with Crippen molar-refractivity contribution in [2.24, 2.45) is 0 Å². The SMILES string of the molecule is C=CC[C@H]1O[C@H]([C@@H](CC#CC(=C)C[C@@H](O)CC(C)=O)O[Si](C)(C)C(C)(C)C)[C@@H](O)[C@H](O[Si](C)(C)C(C)(C)C)[C@H]1O[Si](C)(C)C(C)(C)C. The summed E-state index contributed by atoms with van der Waals surface area (Å²) in [5.41, 5.74) is 0.543. The zero-order valence-corrected chi connectivity index (χ0v) is 35.8. The van der Waals surface area contributed by atoms with Gasteiger partial charge in [0.25, 0.3) is 0 Å². The van der Waals surface area contributed by atoms with Crippen molar-refractivity contribution in [1.29, 1.82) is 0 Å². The molecule has 0 aromatic carbocycles. The van der Waals surface area contributed by atoms with Gasteiger partial charge in [0.1, 0.15) is 24.1 Å². The number of hydrogen-bond donors (Lipinski definition) is 2. The molecular weight excluding hydrogens is 641 g/mol. The molecule has 7 atom stereocenters. The molecule has 0 aromatic rings. The third-order valence-electron chi connectivity index (χ3n) is 10.8. The molecule has 1 heterocycles. The Bertz CT molecular complexity index is 1130. The van der Waals surface area contributed by atoms with E-state index in [-0.39, 0.29) is 40.2 Å². The van der Waals surface area contributed by atoms with E-state index < -0.39 is 67.7 Å². The molecule has 0 spiro atoms. The summed E-state index contributed by atoms with van der Waals surface area (Å²) < 4.78 is 28.1. The normalized spacial score (nSPS) is 24.6. The van der Waals surface area contributed by atoms with Crippen LogP contribution in [0.2, 0.25) is 54.4 Å². The molecule has 272 valence electrons. The number of hydrogen-bond acceptors (Lipinski definition) is 7. The fraction of sp³-hybridized carbons (Fsp3) is 0.811. The number of ketones is 1. The Hall–Kier alpha value is -0.879. The van der Waals surface area contributed by atoms with Gasteiger partial charge in [0.05, 0.1) is 24.4 Å². The van der Waals surface area contributed by atoms with Crippen molar-refractivity contribution in [3.05, 3.63) is 24.8 Å². The molecule has 0 aliphatic carbocycles. The van der Waals surface area contributed by atoms with Crippen LogP contribution in [0.15, 0.2) is 24.8 Å². The Balaban J connectivity index is 3.74. The first-order valence-electron chi connectivity index (χ1n) is 17.3. The summed E-state index contributed by atoms with van der Waals surface area (Å²) >= 11 is 0. The van der Waals surface area contributed by atoms with Gasteiger partial charge in [0, 0.05) is 19.3 Å². The minimum absolute atomic E-state index is 0.0565. The van der Waals surface area contributed by atoms with Crippen molar-refractivity contribution < 1.29 is 33.0 Å². The quantitative estimate of drug-likeness (QED) is 0.106. The summed E-state index contributed by atoms with van der Waals surface area (Å²) in [6.07, 6.45) is -1.70. The maximum Gasteiger partial charge on any atom is 0.192 e. The molecule has 1 aliphatic heterocycles. The zero-order valence-electron chi connectivity index (χ0n) is 32.8. The third kappa shape index (κ3) is 12.4. The van der Waals surface area contributed by atoms with Crippen LogP contribution in [0, 0.1) is 11.8 Å². The standard InChI is InChI=1S/C37H70O7Si3/c1-19-21-29-33(43-46(15,16)36(7,8)9)34(44-47(17,18)37(10,11)12)31(40)32(41-29)30(42-45(13,14)35(4,5)6)23-20-22-26(2)24-28(39)25-27(3)38/h19,28-34,39-40H,1-2,21,23-25H2,3-18H3/t28-,29-,30-,31-,32-,33+,34+/m1/s1. The smallest absolute Gasteiger partial charge is 0.192 e. The Morgan fingerprint density at radius 2 is 1.34 bits per heavy atom. The van der Waals surface area contributed by atoms with Crippen molar-refractivity contribution in [2.75, 3.05) is 0 Å². The molecule has 0 bridgehead atoms. The molecule has 0 radical (unpaired) electrons. The van der Waals surface area contributed by atoms with Crippen molar-refractivity contribution in [1.82, 2.24) is 0 Å². The highest BCUT2D eigenvalue weighted by atomic mass is 28.4. The molecule has 1 aliphatic rings. The molecule has 1 saturated heterocycles. The van der Waals surface area contributed by atoms with Crippen molar-refractivity contribution in [3.8, 4) is 11.8 Å². The molecule has 10 heteroatoms. The van der Waals surface area contributed by atoms with Crippen LogP contribution in [-0.2, 0) is 22.8 Å². The highest BCUT2D eigenvalue weighted by Crippen LogP contribution is 2.45. The second-order valence-electron chi connectivity index (χ2n) is 18.1. The molecule has 0 saturated carbocycles. The van der Waals surface area contributed by atoms with E-state index in [0.29, 0.717) is 12.0 Å². The van der Waals surface area contributed by atoms with Gasteiger partial charge in [-0.05, 0) is 73.3 Å². The summed E-state index contributed by atoms with van der Waals surface area (Å²) in [4.78, 5) is 11.5. The lowest BCUT2D eigenvalue weighted by Gasteiger charge is -2.53. The topological polar surface area (TPSA) is 94.5 Å².